The van der Waals surface area contributed by atoms with Crippen LogP contribution in [-0.4, -0.2) is 28.9 Å². The van der Waals surface area contributed by atoms with Crippen LogP contribution in [0.25, 0.3) is 6.08 Å². The Bertz CT molecular complexity index is 1390. The van der Waals surface area contributed by atoms with Gasteiger partial charge >= 0.3 is 12.0 Å². The number of aromatic carboxylic acids is 1. The second-order valence-electron chi connectivity index (χ2n) is 7.90. The molecule has 3 aromatic rings. The van der Waals surface area contributed by atoms with Crippen LogP contribution >= 0.6 is 31.9 Å². The molecule has 0 bridgehead atoms. The molecular formula is C26H18Br2N2O6. The lowest BCUT2D eigenvalue weighted by Gasteiger charge is -2.26. The Balaban J connectivity index is 1.57. The number of carbonyl (C=O) groups excluding carboxylic acids is 3. The van der Waals surface area contributed by atoms with E-state index in [-0.39, 0.29) is 17.7 Å². The number of anilines is 1. The summed E-state index contributed by atoms with van der Waals surface area (Å²) in [6.07, 6.45) is 1.40. The normalized spacial score (nSPS) is 14.7. The summed E-state index contributed by atoms with van der Waals surface area (Å²) in [6.45, 7) is 2.07. The fourth-order valence-electron chi connectivity index (χ4n) is 3.45. The van der Waals surface area contributed by atoms with Crippen molar-refractivity contribution in [2.24, 2.45) is 0 Å². The zero-order valence-electron chi connectivity index (χ0n) is 18.7. The molecule has 0 aliphatic carbocycles. The molecule has 4 rings (SSSR count). The van der Waals surface area contributed by atoms with Crippen LogP contribution in [0.2, 0.25) is 0 Å². The molecule has 0 atom stereocenters. The number of imide groups is 2. The van der Waals surface area contributed by atoms with Gasteiger partial charge in [0.25, 0.3) is 11.8 Å². The fraction of sp³-hybridized carbons (Fsp3) is 0.0769. The molecule has 8 nitrogen and oxygen atoms in total. The minimum absolute atomic E-state index is 0.183. The molecule has 0 aromatic heterocycles. The summed E-state index contributed by atoms with van der Waals surface area (Å²) >= 11 is 6.90. The molecule has 2 N–H and O–H groups in total. The molecule has 36 heavy (non-hydrogen) atoms. The average molecular weight is 614 g/mol. The van der Waals surface area contributed by atoms with Crippen LogP contribution in [0.3, 0.4) is 0 Å². The Morgan fingerprint density at radius 1 is 1.00 bits per heavy atom. The van der Waals surface area contributed by atoms with E-state index in [0.29, 0.717) is 25.9 Å². The second-order valence-corrected chi connectivity index (χ2v) is 9.61. The average Bonchev–Trinajstić information content (AvgIpc) is 2.82. The van der Waals surface area contributed by atoms with E-state index in [1.807, 2.05) is 6.92 Å². The van der Waals surface area contributed by atoms with Gasteiger partial charge in [-0.25, -0.2) is 14.5 Å². The van der Waals surface area contributed by atoms with Crippen molar-refractivity contribution in [3.63, 3.8) is 0 Å². The number of hydrogen-bond acceptors (Lipinski definition) is 5. The third-order valence-electron chi connectivity index (χ3n) is 5.31. The quantitative estimate of drug-likeness (QED) is 0.282. The van der Waals surface area contributed by atoms with Gasteiger partial charge in [-0.1, -0.05) is 29.8 Å². The maximum absolute atomic E-state index is 13.1. The van der Waals surface area contributed by atoms with E-state index in [1.165, 1.54) is 18.2 Å². The number of aryl methyl sites for hydroxylation is 1. The van der Waals surface area contributed by atoms with Crippen LogP contribution in [-0.2, 0) is 16.2 Å². The van der Waals surface area contributed by atoms with Crippen molar-refractivity contribution in [1.29, 1.82) is 0 Å². The standard InChI is InChI=1S/C26H18Br2N2O6/c1-14-2-8-18(9-3-14)30-24(32)19(23(31)29-26(30)35)10-16-11-20(27)22(21(28)12-16)36-13-15-4-6-17(7-5-15)25(33)34/h2-12H,13H2,1H3,(H,33,34)(H,29,31,35). The summed E-state index contributed by atoms with van der Waals surface area (Å²) in [5.41, 5.74) is 2.59. The number of hydrogen-bond donors (Lipinski definition) is 2. The number of ether oxygens (including phenoxy) is 1. The first-order chi connectivity index (χ1) is 17.1. The summed E-state index contributed by atoms with van der Waals surface area (Å²) in [7, 11) is 0. The van der Waals surface area contributed by atoms with E-state index in [9.17, 15) is 19.2 Å². The lowest BCUT2D eigenvalue weighted by atomic mass is 10.1. The van der Waals surface area contributed by atoms with Gasteiger partial charge in [0.2, 0.25) is 0 Å². The number of barbiturate groups is 1. The molecule has 3 aromatic carbocycles. The highest BCUT2D eigenvalue weighted by atomic mass is 79.9. The molecular weight excluding hydrogens is 596 g/mol. The number of carboxylic acids is 1. The van der Waals surface area contributed by atoms with Crippen molar-refractivity contribution >= 4 is 67.4 Å². The molecule has 1 aliphatic rings. The van der Waals surface area contributed by atoms with Gasteiger partial charge < -0.3 is 9.84 Å². The first-order valence-corrected chi connectivity index (χ1v) is 12.1. The second kappa shape index (κ2) is 10.5. The molecule has 182 valence electrons. The number of carbonyl (C=O) groups is 4. The first kappa shape index (κ1) is 25.3. The molecule has 0 saturated carbocycles. The predicted molar refractivity (Wildman–Crippen MR) is 140 cm³/mol. The Morgan fingerprint density at radius 3 is 2.19 bits per heavy atom. The molecule has 4 amide bonds. The van der Waals surface area contributed by atoms with Gasteiger partial charge in [-0.15, -0.1) is 0 Å². The smallest absolute Gasteiger partial charge is 0.335 e. The number of carboxylic acid groups (broad SMARTS) is 1. The summed E-state index contributed by atoms with van der Waals surface area (Å²) in [6, 6.07) is 15.7. The largest absolute Gasteiger partial charge is 0.487 e. The highest BCUT2D eigenvalue weighted by Gasteiger charge is 2.36. The van der Waals surface area contributed by atoms with Crippen LogP contribution in [0.15, 0.2) is 75.2 Å². The molecule has 1 aliphatic heterocycles. The maximum atomic E-state index is 13.1. The van der Waals surface area contributed by atoms with E-state index >= 15 is 0 Å². The minimum atomic E-state index is -1.01. The van der Waals surface area contributed by atoms with Crippen molar-refractivity contribution < 1.29 is 29.0 Å². The lowest BCUT2D eigenvalue weighted by Crippen LogP contribution is -2.54. The summed E-state index contributed by atoms with van der Waals surface area (Å²) in [4.78, 5) is 49.9. The van der Waals surface area contributed by atoms with E-state index in [4.69, 9.17) is 9.84 Å². The van der Waals surface area contributed by atoms with Crippen molar-refractivity contribution in [2.45, 2.75) is 13.5 Å². The van der Waals surface area contributed by atoms with Crippen LogP contribution in [0, 0.1) is 6.92 Å². The lowest BCUT2D eigenvalue weighted by molar-refractivity contribution is -0.122. The Morgan fingerprint density at radius 2 is 1.61 bits per heavy atom. The first-order valence-electron chi connectivity index (χ1n) is 10.6. The Kier molecular flexibility index (Phi) is 7.37. The molecule has 0 unspecified atom stereocenters. The number of nitrogens with one attached hydrogen (secondary N) is 1. The number of urea groups is 1. The van der Waals surface area contributed by atoms with E-state index in [2.05, 4.69) is 37.2 Å². The molecule has 10 heteroatoms. The SMILES string of the molecule is Cc1ccc(N2C(=O)NC(=O)C(=Cc3cc(Br)c(OCc4ccc(C(=O)O)cc4)c(Br)c3)C2=O)cc1. The molecule has 1 saturated heterocycles. The Labute approximate surface area is 222 Å². The van der Waals surface area contributed by atoms with Crippen LogP contribution in [0.1, 0.15) is 27.0 Å². The van der Waals surface area contributed by atoms with Crippen LogP contribution in [0.4, 0.5) is 10.5 Å². The van der Waals surface area contributed by atoms with Crippen LogP contribution in [0.5, 0.6) is 5.75 Å². The van der Waals surface area contributed by atoms with Gasteiger partial charge in [0.15, 0.2) is 0 Å². The third-order valence-corrected chi connectivity index (χ3v) is 6.49. The molecule has 1 fully saturated rings. The number of halogens is 2. The predicted octanol–water partition coefficient (Wildman–Crippen LogP) is 5.46. The highest BCUT2D eigenvalue weighted by Crippen LogP contribution is 2.36. The summed E-state index contributed by atoms with van der Waals surface area (Å²) < 4.78 is 6.99. The van der Waals surface area contributed by atoms with Gasteiger partial charge in [-0.2, -0.15) is 0 Å². The van der Waals surface area contributed by atoms with E-state index in [0.717, 1.165) is 16.0 Å². The molecule has 0 spiro atoms. The Hall–Kier alpha value is -3.76. The summed E-state index contributed by atoms with van der Waals surface area (Å²) in [5, 5.41) is 11.2. The number of benzene rings is 3. The number of amides is 4. The zero-order chi connectivity index (χ0) is 26.0. The molecule has 1 heterocycles. The highest BCUT2D eigenvalue weighted by molar-refractivity contribution is 9.11. The minimum Gasteiger partial charge on any atom is -0.487 e. The van der Waals surface area contributed by atoms with Gasteiger partial charge in [0.1, 0.15) is 17.9 Å². The van der Waals surface area contributed by atoms with E-state index in [1.54, 1.807) is 48.5 Å². The third kappa shape index (κ3) is 5.39. The monoisotopic (exact) mass is 612 g/mol. The maximum Gasteiger partial charge on any atom is 0.335 e. The van der Waals surface area contributed by atoms with Gasteiger partial charge in [-0.05, 0) is 92.4 Å². The van der Waals surface area contributed by atoms with Crippen LogP contribution < -0.4 is 15.0 Å². The van der Waals surface area contributed by atoms with Crippen molar-refractivity contribution in [1.82, 2.24) is 5.32 Å². The van der Waals surface area contributed by atoms with Crippen molar-refractivity contribution in [3.05, 3.63) is 97.4 Å². The summed E-state index contributed by atoms with van der Waals surface area (Å²) in [5.74, 6) is -2.04. The number of nitrogens with zero attached hydrogens (tertiary/aromatic N) is 1. The van der Waals surface area contributed by atoms with Gasteiger partial charge in [-0.3, -0.25) is 14.9 Å². The zero-order valence-corrected chi connectivity index (χ0v) is 21.9. The topological polar surface area (TPSA) is 113 Å². The van der Waals surface area contributed by atoms with Gasteiger partial charge in [0.05, 0.1) is 20.2 Å². The molecule has 0 radical (unpaired) electrons. The number of rotatable bonds is 6. The fourth-order valence-corrected chi connectivity index (χ4v) is 4.90. The van der Waals surface area contributed by atoms with E-state index < -0.39 is 23.8 Å². The van der Waals surface area contributed by atoms with Crippen molar-refractivity contribution in [2.75, 3.05) is 4.90 Å². The van der Waals surface area contributed by atoms with Crippen molar-refractivity contribution in [3.8, 4) is 5.75 Å². The van der Waals surface area contributed by atoms with Gasteiger partial charge in [0, 0.05) is 0 Å².